The molecule has 0 aromatic rings. The summed E-state index contributed by atoms with van der Waals surface area (Å²) in [7, 11) is 2.20. The van der Waals surface area contributed by atoms with Gasteiger partial charge in [0.1, 0.15) is 0 Å². The van der Waals surface area contributed by atoms with E-state index in [1.54, 1.807) is 0 Å². The van der Waals surface area contributed by atoms with Crippen molar-refractivity contribution in [1.82, 2.24) is 15.1 Å². The third-order valence-corrected chi connectivity index (χ3v) is 3.96. The van der Waals surface area contributed by atoms with Gasteiger partial charge in [0.15, 0.2) is 0 Å². The van der Waals surface area contributed by atoms with Crippen LogP contribution in [0.15, 0.2) is 0 Å². The van der Waals surface area contributed by atoms with Crippen LogP contribution in [-0.4, -0.2) is 75.4 Å². The van der Waals surface area contributed by atoms with Gasteiger partial charge in [-0.25, -0.2) is 0 Å². The molecule has 4 nitrogen and oxygen atoms in total. The van der Waals surface area contributed by atoms with Crippen LogP contribution in [0.5, 0.6) is 0 Å². The molecule has 1 atom stereocenters. The minimum Gasteiger partial charge on any atom is -0.377 e. The lowest BCUT2D eigenvalue weighted by molar-refractivity contribution is -0.00122. The summed E-state index contributed by atoms with van der Waals surface area (Å²) in [5.41, 5.74) is 0. The Morgan fingerprint density at radius 1 is 1.11 bits per heavy atom. The normalized spacial score (nSPS) is 20.4. The highest BCUT2D eigenvalue weighted by atomic mass is 16.5. The first kappa shape index (κ1) is 16.9. The number of rotatable bonds is 10. The van der Waals surface area contributed by atoms with E-state index < -0.39 is 0 Å². The van der Waals surface area contributed by atoms with E-state index in [1.165, 1.54) is 19.3 Å². The predicted octanol–water partition coefficient (Wildman–Crippen LogP) is 1.42. The monoisotopic (exact) mass is 271 g/mol. The van der Waals surface area contributed by atoms with Crippen molar-refractivity contribution in [3.8, 4) is 0 Å². The van der Waals surface area contributed by atoms with Gasteiger partial charge in [0.25, 0.3) is 0 Å². The molecule has 1 aliphatic heterocycles. The third kappa shape index (κ3) is 7.88. The third-order valence-electron chi connectivity index (χ3n) is 3.96. The zero-order valence-corrected chi connectivity index (χ0v) is 13.2. The van der Waals surface area contributed by atoms with Crippen molar-refractivity contribution < 1.29 is 4.74 Å². The minimum absolute atomic E-state index is 0.467. The molecule has 1 aliphatic rings. The van der Waals surface area contributed by atoms with Gasteiger partial charge in [0.2, 0.25) is 0 Å². The molecule has 1 unspecified atom stereocenters. The second kappa shape index (κ2) is 10.6. The molecule has 0 amide bonds. The van der Waals surface area contributed by atoms with Gasteiger partial charge in [0, 0.05) is 39.3 Å². The van der Waals surface area contributed by atoms with Crippen molar-refractivity contribution >= 4 is 0 Å². The molecule has 1 N–H and O–H groups in total. The van der Waals surface area contributed by atoms with Gasteiger partial charge in [-0.2, -0.15) is 0 Å². The highest BCUT2D eigenvalue weighted by Gasteiger charge is 2.15. The van der Waals surface area contributed by atoms with Gasteiger partial charge in [0.05, 0.1) is 6.10 Å². The molecule has 1 saturated heterocycles. The Kier molecular flexibility index (Phi) is 9.43. The fraction of sp³-hybridized carbons (Fsp3) is 1.00. The number of nitrogens with zero attached hydrogens (tertiary/aromatic N) is 2. The van der Waals surface area contributed by atoms with Gasteiger partial charge in [-0.3, -0.25) is 0 Å². The molecule has 0 aromatic carbocycles. The lowest BCUT2D eigenvalue weighted by atomic mass is 10.1. The maximum absolute atomic E-state index is 5.77. The SMILES string of the molecule is CCN(CC)CCNCCN(C)CC1CCCCO1. The smallest absolute Gasteiger partial charge is 0.0701 e. The van der Waals surface area contributed by atoms with Crippen LogP contribution >= 0.6 is 0 Å². The molecular formula is C15H33N3O. The van der Waals surface area contributed by atoms with Crippen molar-refractivity contribution in [2.75, 3.05) is 59.5 Å². The van der Waals surface area contributed by atoms with Crippen LogP contribution in [0.25, 0.3) is 0 Å². The first-order valence-electron chi connectivity index (χ1n) is 7.99. The maximum atomic E-state index is 5.77. The van der Waals surface area contributed by atoms with Crippen LogP contribution in [0.2, 0.25) is 0 Å². The Bertz CT molecular complexity index is 204. The number of ether oxygens (including phenoxy) is 1. The van der Waals surface area contributed by atoms with Crippen LogP contribution in [0, 0.1) is 0 Å². The first-order chi connectivity index (χ1) is 9.26. The van der Waals surface area contributed by atoms with Gasteiger partial charge in [-0.1, -0.05) is 13.8 Å². The molecule has 114 valence electrons. The molecular weight excluding hydrogens is 238 g/mol. The fourth-order valence-electron chi connectivity index (χ4n) is 2.56. The van der Waals surface area contributed by atoms with Crippen LogP contribution in [0.1, 0.15) is 33.1 Å². The van der Waals surface area contributed by atoms with Crippen LogP contribution < -0.4 is 5.32 Å². The number of hydrogen-bond donors (Lipinski definition) is 1. The molecule has 1 heterocycles. The summed E-state index contributed by atoms with van der Waals surface area (Å²) in [5, 5.41) is 3.53. The van der Waals surface area contributed by atoms with Gasteiger partial charge in [-0.15, -0.1) is 0 Å². The second-order valence-electron chi connectivity index (χ2n) is 5.53. The fourth-order valence-corrected chi connectivity index (χ4v) is 2.56. The highest BCUT2D eigenvalue weighted by molar-refractivity contribution is 4.68. The maximum Gasteiger partial charge on any atom is 0.0701 e. The van der Waals surface area contributed by atoms with E-state index in [4.69, 9.17) is 4.74 Å². The Labute approximate surface area is 119 Å². The summed E-state index contributed by atoms with van der Waals surface area (Å²) in [6.07, 6.45) is 4.28. The Balaban J connectivity index is 1.96. The minimum atomic E-state index is 0.467. The van der Waals surface area contributed by atoms with Crippen molar-refractivity contribution in [1.29, 1.82) is 0 Å². The number of hydrogen-bond acceptors (Lipinski definition) is 4. The quantitative estimate of drug-likeness (QED) is 0.608. The predicted molar refractivity (Wildman–Crippen MR) is 81.7 cm³/mol. The van der Waals surface area contributed by atoms with Crippen molar-refractivity contribution in [2.45, 2.75) is 39.2 Å². The summed E-state index contributed by atoms with van der Waals surface area (Å²) < 4.78 is 5.77. The van der Waals surface area contributed by atoms with Crippen molar-refractivity contribution in [3.05, 3.63) is 0 Å². The molecule has 1 rings (SSSR count). The summed E-state index contributed by atoms with van der Waals surface area (Å²) in [4.78, 5) is 4.84. The van der Waals surface area contributed by atoms with Gasteiger partial charge >= 0.3 is 0 Å². The summed E-state index contributed by atoms with van der Waals surface area (Å²) in [5.74, 6) is 0. The molecule has 0 radical (unpaired) electrons. The average Bonchev–Trinajstić information content (AvgIpc) is 2.44. The van der Waals surface area contributed by atoms with E-state index in [9.17, 15) is 0 Å². The summed E-state index contributed by atoms with van der Waals surface area (Å²) >= 11 is 0. The van der Waals surface area contributed by atoms with Crippen LogP contribution in [0.3, 0.4) is 0 Å². The molecule has 0 aromatic heterocycles. The average molecular weight is 271 g/mol. The molecule has 0 bridgehead atoms. The standard InChI is InChI=1S/C15H33N3O/c1-4-18(5-2)12-10-16-9-11-17(3)14-15-8-6-7-13-19-15/h15-16H,4-14H2,1-3H3. The summed E-state index contributed by atoms with van der Waals surface area (Å²) in [6.45, 7) is 13.2. The molecule has 0 spiro atoms. The summed E-state index contributed by atoms with van der Waals surface area (Å²) in [6, 6.07) is 0. The molecule has 0 aliphatic carbocycles. The first-order valence-corrected chi connectivity index (χ1v) is 7.99. The van der Waals surface area contributed by atoms with Gasteiger partial charge in [-0.05, 0) is 39.4 Å². The van der Waals surface area contributed by atoms with Crippen LogP contribution in [0.4, 0.5) is 0 Å². The molecule has 1 fully saturated rings. The van der Waals surface area contributed by atoms with E-state index in [0.29, 0.717) is 6.10 Å². The van der Waals surface area contributed by atoms with E-state index in [2.05, 4.69) is 36.0 Å². The number of nitrogens with one attached hydrogen (secondary N) is 1. The second-order valence-corrected chi connectivity index (χ2v) is 5.53. The van der Waals surface area contributed by atoms with Gasteiger partial charge < -0.3 is 19.9 Å². The van der Waals surface area contributed by atoms with E-state index in [0.717, 1.165) is 52.4 Å². The van der Waals surface area contributed by atoms with E-state index in [1.807, 2.05) is 0 Å². The Morgan fingerprint density at radius 2 is 1.84 bits per heavy atom. The van der Waals surface area contributed by atoms with E-state index >= 15 is 0 Å². The highest BCUT2D eigenvalue weighted by Crippen LogP contribution is 2.12. The largest absolute Gasteiger partial charge is 0.377 e. The zero-order chi connectivity index (χ0) is 13.9. The topological polar surface area (TPSA) is 27.7 Å². The van der Waals surface area contributed by atoms with Crippen molar-refractivity contribution in [3.63, 3.8) is 0 Å². The Hall–Kier alpha value is -0.160. The lowest BCUT2D eigenvalue weighted by Crippen LogP contribution is -2.39. The molecule has 4 heteroatoms. The lowest BCUT2D eigenvalue weighted by Gasteiger charge is -2.27. The van der Waals surface area contributed by atoms with Crippen LogP contribution in [-0.2, 0) is 4.74 Å². The zero-order valence-electron chi connectivity index (χ0n) is 13.2. The van der Waals surface area contributed by atoms with E-state index in [-0.39, 0.29) is 0 Å². The molecule has 0 saturated carbocycles. The Morgan fingerprint density at radius 3 is 2.47 bits per heavy atom. The molecule has 19 heavy (non-hydrogen) atoms. The number of likely N-dealkylation sites (N-methyl/N-ethyl adjacent to an activating group) is 2. The van der Waals surface area contributed by atoms with Crippen molar-refractivity contribution in [2.24, 2.45) is 0 Å².